The van der Waals surface area contributed by atoms with E-state index >= 15 is 0 Å². The molecule has 0 bridgehead atoms. The molecule has 0 aromatic heterocycles. The molecular formula is C18H25NO4. The van der Waals surface area contributed by atoms with Gasteiger partial charge in [-0.05, 0) is 44.7 Å². The van der Waals surface area contributed by atoms with Crippen molar-refractivity contribution in [3.05, 3.63) is 23.8 Å². The Morgan fingerprint density at radius 3 is 2.61 bits per heavy atom. The summed E-state index contributed by atoms with van der Waals surface area (Å²) >= 11 is 0. The molecule has 0 fully saturated rings. The Kier molecular flexibility index (Phi) is 5.29. The van der Waals surface area contributed by atoms with Gasteiger partial charge in [0.1, 0.15) is 11.2 Å². The maximum atomic E-state index is 13.2. The first kappa shape index (κ1) is 17.3. The number of hydrogen-bond acceptors (Lipinski definition) is 4. The van der Waals surface area contributed by atoms with Crippen LogP contribution in [0.15, 0.2) is 18.2 Å². The highest BCUT2D eigenvalue weighted by Crippen LogP contribution is 2.40. The number of fused-ring (bicyclic) bond motifs is 1. The zero-order valence-electron chi connectivity index (χ0n) is 14.3. The molecule has 0 radical (unpaired) electrons. The fourth-order valence-electron chi connectivity index (χ4n) is 3.20. The molecule has 1 aromatic rings. The molecular weight excluding hydrogens is 294 g/mol. The molecule has 1 aliphatic rings. The average molecular weight is 319 g/mol. The van der Waals surface area contributed by atoms with Gasteiger partial charge in [-0.15, -0.1) is 0 Å². The number of nitrogens with zero attached hydrogens (tertiary/aromatic N) is 1. The summed E-state index contributed by atoms with van der Waals surface area (Å²) in [7, 11) is 1.60. The average Bonchev–Trinajstić information content (AvgIpc) is 2.69. The van der Waals surface area contributed by atoms with Gasteiger partial charge in [-0.1, -0.05) is 13.0 Å². The second-order valence-electron chi connectivity index (χ2n) is 5.70. The topological polar surface area (TPSA) is 55.8 Å². The Balaban J connectivity index is 2.52. The second-order valence-corrected chi connectivity index (χ2v) is 5.70. The standard InChI is InChI=1S/C18H25NO4/c1-5-18(17(21)23-7-3)11-10-13-8-9-14(22-4)12-15(13)19(6-2)16(18)20/h8-9,12H,5-7,10-11H2,1-4H3/t18-/m0/s1. The predicted molar refractivity (Wildman–Crippen MR) is 88.7 cm³/mol. The molecule has 2 rings (SSSR count). The molecule has 1 aromatic carbocycles. The highest BCUT2D eigenvalue weighted by atomic mass is 16.5. The summed E-state index contributed by atoms with van der Waals surface area (Å²) in [6.45, 7) is 6.33. The van der Waals surface area contributed by atoms with Gasteiger partial charge in [0.05, 0.1) is 19.4 Å². The van der Waals surface area contributed by atoms with Crippen molar-refractivity contribution >= 4 is 17.6 Å². The van der Waals surface area contributed by atoms with Crippen LogP contribution in [-0.2, 0) is 20.7 Å². The molecule has 5 nitrogen and oxygen atoms in total. The van der Waals surface area contributed by atoms with Crippen molar-refractivity contribution in [2.75, 3.05) is 25.2 Å². The predicted octanol–water partition coefficient (Wildman–Crippen LogP) is 2.95. The Labute approximate surface area is 137 Å². The lowest BCUT2D eigenvalue weighted by Gasteiger charge is -2.32. The Bertz CT molecular complexity index is 599. The first-order chi connectivity index (χ1) is 11.0. The van der Waals surface area contributed by atoms with Crippen LogP contribution < -0.4 is 9.64 Å². The van der Waals surface area contributed by atoms with Crippen LogP contribution in [0.1, 0.15) is 39.2 Å². The van der Waals surface area contributed by atoms with Crippen LogP contribution in [0.25, 0.3) is 0 Å². The zero-order valence-corrected chi connectivity index (χ0v) is 14.3. The highest BCUT2D eigenvalue weighted by molar-refractivity contribution is 6.11. The first-order valence-electron chi connectivity index (χ1n) is 8.20. The van der Waals surface area contributed by atoms with Gasteiger partial charge in [-0.2, -0.15) is 0 Å². The number of hydrogen-bond donors (Lipinski definition) is 0. The largest absolute Gasteiger partial charge is 0.497 e. The van der Waals surface area contributed by atoms with Crippen LogP contribution in [0.5, 0.6) is 5.75 Å². The summed E-state index contributed by atoms with van der Waals surface area (Å²) in [5.41, 5.74) is 0.787. The van der Waals surface area contributed by atoms with E-state index in [-0.39, 0.29) is 12.5 Å². The van der Waals surface area contributed by atoms with E-state index in [1.165, 1.54) is 0 Å². The summed E-state index contributed by atoms with van der Waals surface area (Å²) in [6, 6.07) is 5.73. The number of esters is 1. The summed E-state index contributed by atoms with van der Waals surface area (Å²) in [5, 5.41) is 0. The summed E-state index contributed by atoms with van der Waals surface area (Å²) in [5.74, 6) is 0.119. The zero-order chi connectivity index (χ0) is 17.0. The van der Waals surface area contributed by atoms with E-state index in [1.807, 2.05) is 32.0 Å². The minimum absolute atomic E-state index is 0.173. The summed E-state index contributed by atoms with van der Waals surface area (Å²) in [4.78, 5) is 27.4. The van der Waals surface area contributed by atoms with Crippen molar-refractivity contribution in [3.8, 4) is 5.75 Å². The van der Waals surface area contributed by atoms with Crippen LogP contribution >= 0.6 is 0 Å². The van der Waals surface area contributed by atoms with Gasteiger partial charge in [0, 0.05) is 12.6 Å². The van der Waals surface area contributed by atoms with E-state index in [0.29, 0.717) is 31.6 Å². The van der Waals surface area contributed by atoms with Crippen LogP contribution in [0.4, 0.5) is 5.69 Å². The lowest BCUT2D eigenvalue weighted by Crippen LogP contribution is -2.48. The number of benzene rings is 1. The van der Waals surface area contributed by atoms with Crippen molar-refractivity contribution in [1.82, 2.24) is 0 Å². The second kappa shape index (κ2) is 7.02. The third-order valence-corrected chi connectivity index (χ3v) is 4.64. The van der Waals surface area contributed by atoms with Gasteiger partial charge < -0.3 is 14.4 Å². The number of methoxy groups -OCH3 is 1. The normalized spacial score (nSPS) is 20.7. The third kappa shape index (κ3) is 2.92. The highest BCUT2D eigenvalue weighted by Gasteiger charge is 2.49. The molecule has 1 heterocycles. The minimum atomic E-state index is -1.10. The quantitative estimate of drug-likeness (QED) is 0.618. The lowest BCUT2D eigenvalue weighted by molar-refractivity contribution is -0.160. The molecule has 0 saturated carbocycles. The molecule has 0 aliphatic carbocycles. The van der Waals surface area contributed by atoms with E-state index in [9.17, 15) is 9.59 Å². The summed E-state index contributed by atoms with van der Waals surface area (Å²) in [6.07, 6.45) is 1.57. The van der Waals surface area contributed by atoms with Gasteiger partial charge in [-0.3, -0.25) is 9.59 Å². The Morgan fingerprint density at radius 1 is 1.30 bits per heavy atom. The monoisotopic (exact) mass is 319 g/mol. The minimum Gasteiger partial charge on any atom is -0.497 e. The first-order valence-corrected chi connectivity index (χ1v) is 8.20. The number of amides is 1. The third-order valence-electron chi connectivity index (χ3n) is 4.64. The Morgan fingerprint density at radius 2 is 2.04 bits per heavy atom. The van der Waals surface area contributed by atoms with E-state index in [0.717, 1.165) is 11.3 Å². The van der Waals surface area contributed by atoms with Gasteiger partial charge in [-0.25, -0.2) is 0 Å². The van der Waals surface area contributed by atoms with E-state index in [2.05, 4.69) is 0 Å². The molecule has 23 heavy (non-hydrogen) atoms. The molecule has 0 unspecified atom stereocenters. The molecule has 0 saturated heterocycles. The van der Waals surface area contributed by atoms with Gasteiger partial charge in [0.25, 0.3) is 0 Å². The molecule has 0 N–H and O–H groups in total. The van der Waals surface area contributed by atoms with Crippen molar-refractivity contribution in [2.45, 2.75) is 40.0 Å². The molecule has 1 aliphatic heterocycles. The van der Waals surface area contributed by atoms with Gasteiger partial charge >= 0.3 is 5.97 Å². The smallest absolute Gasteiger partial charge is 0.321 e. The van der Waals surface area contributed by atoms with E-state index in [4.69, 9.17) is 9.47 Å². The fourth-order valence-corrected chi connectivity index (χ4v) is 3.20. The summed E-state index contributed by atoms with van der Waals surface area (Å²) < 4.78 is 10.5. The van der Waals surface area contributed by atoms with Gasteiger partial charge in [0.15, 0.2) is 0 Å². The number of ether oxygens (including phenoxy) is 2. The SMILES string of the molecule is CCOC(=O)[C@@]1(CC)CCc2ccc(OC)cc2N(CC)C1=O. The number of carbonyl (C=O) groups excluding carboxylic acids is 2. The maximum absolute atomic E-state index is 13.2. The van der Waals surface area contributed by atoms with Gasteiger partial charge in [0.2, 0.25) is 5.91 Å². The molecule has 0 spiro atoms. The Hall–Kier alpha value is -2.04. The number of anilines is 1. The van der Waals surface area contributed by atoms with Crippen molar-refractivity contribution in [1.29, 1.82) is 0 Å². The van der Waals surface area contributed by atoms with Crippen LogP contribution in [0, 0.1) is 5.41 Å². The van der Waals surface area contributed by atoms with Crippen LogP contribution in [0.3, 0.4) is 0 Å². The molecule has 126 valence electrons. The molecule has 5 heteroatoms. The molecule has 1 amide bonds. The van der Waals surface area contributed by atoms with Crippen molar-refractivity contribution < 1.29 is 19.1 Å². The maximum Gasteiger partial charge on any atom is 0.321 e. The lowest BCUT2D eigenvalue weighted by atomic mass is 9.79. The van der Waals surface area contributed by atoms with Crippen LogP contribution in [-0.4, -0.2) is 32.1 Å². The number of carbonyl (C=O) groups is 2. The number of rotatable bonds is 5. The fraction of sp³-hybridized carbons (Fsp3) is 0.556. The van der Waals surface area contributed by atoms with Crippen molar-refractivity contribution in [3.63, 3.8) is 0 Å². The molecule has 1 atom stereocenters. The van der Waals surface area contributed by atoms with Crippen molar-refractivity contribution in [2.24, 2.45) is 5.41 Å². The number of aryl methyl sites for hydroxylation is 1. The van der Waals surface area contributed by atoms with E-state index < -0.39 is 11.4 Å². The van der Waals surface area contributed by atoms with Crippen LogP contribution in [0.2, 0.25) is 0 Å². The van der Waals surface area contributed by atoms with E-state index in [1.54, 1.807) is 18.9 Å².